The maximum Gasteiger partial charge on any atom is 0.313 e. The Kier molecular flexibility index (Phi) is 25.8. The van der Waals surface area contributed by atoms with Gasteiger partial charge in [-0.3, -0.25) is 14.5 Å². The number of nitrogens with two attached hydrogens (primary N) is 1. The van der Waals surface area contributed by atoms with E-state index in [0.717, 1.165) is 55.7 Å². The lowest BCUT2D eigenvalue weighted by Crippen LogP contribution is -2.80. The van der Waals surface area contributed by atoms with Gasteiger partial charge in [-0.2, -0.15) is 5.41 Å². The molecule has 0 radical (unpaired) electrons. The lowest BCUT2D eigenvalue weighted by atomic mass is 9.55. The summed E-state index contributed by atoms with van der Waals surface area (Å²) in [7, 11) is 0. The van der Waals surface area contributed by atoms with Crippen molar-refractivity contribution in [3.63, 3.8) is 0 Å². The molecule has 2 aromatic carbocycles. The number of aromatic nitrogens is 3. The summed E-state index contributed by atoms with van der Waals surface area (Å²) in [5, 5.41) is 21.1. The Morgan fingerprint density at radius 3 is 1.85 bits per heavy atom. The number of carbonyl (C=O) groups is 2. The second-order valence-electron chi connectivity index (χ2n) is 21.6. The van der Waals surface area contributed by atoms with Gasteiger partial charge in [0, 0.05) is 79.9 Å². The van der Waals surface area contributed by atoms with Crippen LogP contribution in [-0.4, -0.2) is 184 Å². The van der Waals surface area contributed by atoms with Gasteiger partial charge in [0.15, 0.2) is 17.5 Å². The number of hydrogen-bond acceptors (Lipinski definition) is 15. The number of rotatable bonds is 40. The van der Waals surface area contributed by atoms with Gasteiger partial charge in [0.05, 0.1) is 136 Å². The van der Waals surface area contributed by atoms with E-state index >= 15 is 0 Å². The number of halogens is 5. The summed E-state index contributed by atoms with van der Waals surface area (Å²) in [4.78, 5) is 27.8. The molecule has 2 saturated heterocycles. The fourth-order valence-corrected chi connectivity index (χ4v) is 11.5. The standard InChI is InChI=1S/C58H83F5N8O11/c1-41(2)55(65)71(50-39-57-16-13-49(53(50)57)70(57)19-14-48(42-7-4-3-5-8-42)66-56(73)43-11-17-58(62,63)18-12-43)51(64)10-6-9-45-40-69(68-67-45)20-22-75-24-26-77-28-30-79-32-34-81-36-35-80-33-31-78-29-27-76-25-23-74-21-15-52(72)82-54-46(60)37-44(59)38-47(54)61/h3-5,7-8,37-38,40-41,43,48-50,53,64-65H,6,9-36,39H2,1-2H3,(H,66,73)/p+1/t48-,49?,50?,53?,57?/m0/s1. The lowest BCUT2D eigenvalue weighted by Gasteiger charge is -2.68. The molecule has 4 unspecified atom stereocenters. The van der Waals surface area contributed by atoms with Crippen molar-refractivity contribution in [2.45, 2.75) is 127 Å². The van der Waals surface area contributed by atoms with E-state index in [9.17, 15) is 37.0 Å². The van der Waals surface area contributed by atoms with Crippen molar-refractivity contribution in [2.75, 3.05) is 112 Å². The molecule has 5 fully saturated rings. The van der Waals surface area contributed by atoms with Gasteiger partial charge in [0.2, 0.25) is 23.4 Å². The molecule has 1 aromatic heterocycles. The van der Waals surface area contributed by atoms with E-state index in [2.05, 4.69) is 29.8 Å². The molecule has 1 spiro atoms. The SMILES string of the molecule is CC(C)C(=N)[N+](=C(N)CCCc1cn(CCOCCOCCOCCOCCOCCOCCOCCOCCC(=O)Oc2c(F)cc(F)cc2F)nn1)C1CC23CCC(C12)N3CC[C@H](NC(=O)C1CCC(F)(F)CC1)c1ccccc1. The fourth-order valence-electron chi connectivity index (χ4n) is 11.5. The van der Waals surface area contributed by atoms with Gasteiger partial charge in [-0.1, -0.05) is 49.4 Å². The van der Waals surface area contributed by atoms with Crippen molar-refractivity contribution in [3.8, 4) is 5.75 Å². The summed E-state index contributed by atoms with van der Waals surface area (Å²) in [6.45, 7) is 11.2. The highest BCUT2D eigenvalue weighted by Crippen LogP contribution is 2.66. The smallest absolute Gasteiger partial charge is 0.313 e. The van der Waals surface area contributed by atoms with Gasteiger partial charge in [0.25, 0.3) is 0 Å². The molecule has 24 heteroatoms. The molecule has 3 heterocycles. The predicted molar refractivity (Wildman–Crippen MR) is 291 cm³/mol. The van der Waals surface area contributed by atoms with E-state index in [1.807, 2.05) is 50.4 Å². The summed E-state index contributed by atoms with van der Waals surface area (Å²) in [5.74, 6) is -7.07. The Morgan fingerprint density at radius 2 is 1.30 bits per heavy atom. The Labute approximate surface area is 477 Å². The molecule has 2 bridgehead atoms. The second kappa shape index (κ2) is 32.9. The van der Waals surface area contributed by atoms with Gasteiger partial charge in [-0.05, 0) is 50.5 Å². The molecule has 4 N–H and O–H groups in total. The van der Waals surface area contributed by atoms with Crippen LogP contribution >= 0.6 is 0 Å². The van der Waals surface area contributed by atoms with Gasteiger partial charge in [0.1, 0.15) is 5.82 Å². The van der Waals surface area contributed by atoms with Crippen molar-refractivity contribution in [1.82, 2.24) is 25.2 Å². The Morgan fingerprint density at radius 1 is 0.756 bits per heavy atom. The minimum Gasteiger partial charge on any atom is -0.420 e. The van der Waals surface area contributed by atoms with Crippen LogP contribution in [0.1, 0.15) is 102 Å². The molecule has 5 aliphatic rings. The topological polar surface area (TPSA) is 216 Å². The highest BCUT2D eigenvalue weighted by Gasteiger charge is 2.75. The Balaban J connectivity index is 0.658. The fraction of sp³-hybridized carbons (Fsp3) is 0.690. The summed E-state index contributed by atoms with van der Waals surface area (Å²) in [6.07, 6.45) is 7.64. The van der Waals surface area contributed by atoms with Gasteiger partial charge in [-0.25, -0.2) is 31.2 Å². The van der Waals surface area contributed by atoms with E-state index in [4.69, 9.17) is 43.6 Å². The molecule has 82 heavy (non-hydrogen) atoms. The van der Waals surface area contributed by atoms with Crippen molar-refractivity contribution in [2.24, 2.45) is 23.5 Å². The van der Waals surface area contributed by atoms with Crippen LogP contribution in [0.2, 0.25) is 0 Å². The van der Waals surface area contributed by atoms with Crippen LogP contribution in [0.15, 0.2) is 48.7 Å². The Bertz CT molecular complexity index is 2460. The van der Waals surface area contributed by atoms with Gasteiger partial charge < -0.3 is 53.7 Å². The van der Waals surface area contributed by atoms with E-state index in [0.29, 0.717) is 135 Å². The highest BCUT2D eigenvalue weighted by atomic mass is 19.3. The van der Waals surface area contributed by atoms with E-state index in [-0.39, 0.29) is 87.3 Å². The normalized spacial score (nSPS) is 21.0. The minimum atomic E-state index is -2.68. The van der Waals surface area contributed by atoms with Crippen LogP contribution in [0.4, 0.5) is 22.0 Å². The summed E-state index contributed by atoms with van der Waals surface area (Å²) < 4.78 is 120. The molecule has 456 valence electrons. The molecule has 3 aliphatic carbocycles. The first-order valence-electron chi connectivity index (χ1n) is 29.0. The number of aryl methyl sites for hydroxylation is 1. The number of fused-ring (bicyclic) bond motifs is 1. The molecular formula is C58H84F5N8O11+. The van der Waals surface area contributed by atoms with Gasteiger partial charge >= 0.3 is 5.97 Å². The van der Waals surface area contributed by atoms with Crippen LogP contribution in [0.3, 0.4) is 0 Å². The van der Waals surface area contributed by atoms with Crippen LogP contribution in [0, 0.1) is 40.6 Å². The average Bonchev–Trinajstić information content (AvgIpc) is 1.46. The third kappa shape index (κ3) is 19.0. The maximum atomic E-state index is 13.9. The summed E-state index contributed by atoms with van der Waals surface area (Å²) in [6, 6.07) is 11.2. The zero-order valence-electron chi connectivity index (χ0n) is 47.5. The van der Waals surface area contributed by atoms with E-state index < -0.39 is 35.1 Å². The Hall–Kier alpha value is -5.05. The van der Waals surface area contributed by atoms with Crippen molar-refractivity contribution >= 4 is 23.5 Å². The number of alkyl halides is 2. The van der Waals surface area contributed by atoms with E-state index in [1.54, 1.807) is 4.68 Å². The number of esters is 1. The number of hydrogen-bond donors (Lipinski definition) is 3. The quantitative estimate of drug-likeness (QED) is 0.0101. The number of nitrogens with zero attached hydrogens (tertiary/aromatic N) is 5. The molecular weight excluding hydrogens is 1080 g/mol. The third-order valence-corrected chi connectivity index (χ3v) is 15.7. The van der Waals surface area contributed by atoms with E-state index in [1.165, 1.54) is 0 Å². The number of nitrogens with one attached hydrogen (secondary N) is 2. The van der Waals surface area contributed by atoms with Crippen molar-refractivity contribution in [1.29, 1.82) is 5.41 Å². The molecule has 3 aromatic rings. The van der Waals surface area contributed by atoms with Crippen LogP contribution in [0.25, 0.3) is 0 Å². The molecule has 2 aliphatic heterocycles. The number of ether oxygens (including phenoxy) is 9. The molecule has 8 rings (SSSR count). The zero-order valence-corrected chi connectivity index (χ0v) is 47.5. The average molecular weight is 1160 g/mol. The lowest BCUT2D eigenvalue weighted by molar-refractivity contribution is -0.522. The number of amidine groups is 2. The largest absolute Gasteiger partial charge is 0.420 e. The summed E-state index contributed by atoms with van der Waals surface area (Å²) >= 11 is 0. The number of piperidine rings is 1. The van der Waals surface area contributed by atoms with Gasteiger partial charge in [-0.15, -0.1) is 5.10 Å². The van der Waals surface area contributed by atoms with Crippen molar-refractivity contribution < 1.29 is 78.7 Å². The first kappa shape index (κ1) is 64.5. The second-order valence-corrected chi connectivity index (χ2v) is 21.6. The first-order valence-corrected chi connectivity index (χ1v) is 29.0. The molecule has 19 nitrogen and oxygen atoms in total. The maximum absolute atomic E-state index is 13.9. The molecule has 3 saturated carbocycles. The first-order chi connectivity index (χ1) is 39.7. The number of benzene rings is 2. The summed E-state index contributed by atoms with van der Waals surface area (Å²) in [5.41, 5.74) is 8.89. The van der Waals surface area contributed by atoms with Crippen LogP contribution < -0.4 is 15.8 Å². The molecule has 5 atom stereocenters. The number of amides is 1. The molecule has 1 amide bonds. The third-order valence-electron chi connectivity index (χ3n) is 15.7. The van der Waals surface area contributed by atoms with Crippen molar-refractivity contribution in [3.05, 3.63) is 77.4 Å². The highest BCUT2D eigenvalue weighted by molar-refractivity contribution is 5.85. The minimum absolute atomic E-state index is 0.0194. The zero-order chi connectivity index (χ0) is 58.3. The predicted octanol–water partition coefficient (Wildman–Crippen LogP) is 6.83. The van der Waals surface area contributed by atoms with Crippen LogP contribution in [0.5, 0.6) is 5.75 Å². The number of carbonyl (C=O) groups excluding carboxylic acids is 2. The van der Waals surface area contributed by atoms with Crippen LogP contribution in [-0.2, 0) is 60.4 Å². The monoisotopic (exact) mass is 1160 g/mol.